The van der Waals surface area contributed by atoms with Crippen molar-refractivity contribution < 1.29 is 4.74 Å². The van der Waals surface area contributed by atoms with Crippen LogP contribution >= 0.6 is 11.6 Å². The zero-order valence-electron chi connectivity index (χ0n) is 15.0. The molecule has 0 aliphatic rings. The molecule has 0 unspecified atom stereocenters. The number of aryl methyl sites for hydroxylation is 1. The Kier molecular flexibility index (Phi) is 5.32. The number of ether oxygens (including phenoxy) is 1. The van der Waals surface area contributed by atoms with Crippen molar-refractivity contribution in [3.63, 3.8) is 0 Å². The van der Waals surface area contributed by atoms with E-state index in [1.807, 2.05) is 31.2 Å². The fourth-order valence-electron chi connectivity index (χ4n) is 2.65. The minimum Gasteiger partial charge on any atom is -0.457 e. The van der Waals surface area contributed by atoms with Gasteiger partial charge in [0.15, 0.2) is 0 Å². The second-order valence-electron chi connectivity index (χ2n) is 6.41. The van der Waals surface area contributed by atoms with Crippen LogP contribution in [0.4, 0.5) is 11.9 Å². The summed E-state index contributed by atoms with van der Waals surface area (Å²) in [7, 11) is 0. The highest BCUT2D eigenvalue weighted by Gasteiger charge is 2.14. The lowest BCUT2D eigenvalue weighted by atomic mass is 10.0. The Morgan fingerprint density at radius 1 is 1.23 bits per heavy atom. The van der Waals surface area contributed by atoms with E-state index in [9.17, 15) is 0 Å². The van der Waals surface area contributed by atoms with Crippen LogP contribution in [0.2, 0.25) is 5.02 Å². The van der Waals surface area contributed by atoms with Gasteiger partial charge in [-0.05, 0) is 42.2 Å². The highest BCUT2D eigenvalue weighted by Crippen LogP contribution is 2.35. The topological polar surface area (TPSA) is 88.8 Å². The third kappa shape index (κ3) is 4.08. The van der Waals surface area contributed by atoms with Crippen LogP contribution in [0.15, 0.2) is 36.4 Å². The van der Waals surface area contributed by atoms with Crippen molar-refractivity contribution in [1.82, 2.24) is 15.2 Å². The number of nitrogen functional groups attached to an aromatic ring is 1. The molecule has 26 heavy (non-hydrogen) atoms. The molecule has 0 aliphatic carbocycles. The lowest BCUT2D eigenvalue weighted by Crippen LogP contribution is -2.04. The summed E-state index contributed by atoms with van der Waals surface area (Å²) in [5.41, 5.74) is 8.67. The monoisotopic (exact) mass is 371 g/mol. The predicted octanol–water partition coefficient (Wildman–Crippen LogP) is 4.88. The zero-order chi connectivity index (χ0) is 18.7. The van der Waals surface area contributed by atoms with Crippen molar-refractivity contribution in [3.05, 3.63) is 58.1 Å². The van der Waals surface area contributed by atoms with E-state index in [0.29, 0.717) is 29.2 Å². The number of H-pyrrole nitrogens is 1. The Morgan fingerprint density at radius 3 is 2.73 bits per heavy atom. The molecular weight excluding hydrogens is 350 g/mol. The van der Waals surface area contributed by atoms with Crippen molar-refractivity contribution in [2.45, 2.75) is 33.2 Å². The fourth-order valence-corrected chi connectivity index (χ4v) is 2.88. The number of hydrogen-bond donors (Lipinski definition) is 3. The second-order valence-corrected chi connectivity index (χ2v) is 6.82. The lowest BCUT2D eigenvalue weighted by molar-refractivity contribution is 0.467. The molecule has 4 N–H and O–H groups in total. The maximum atomic E-state index is 6.41. The largest absolute Gasteiger partial charge is 0.457 e. The van der Waals surface area contributed by atoms with E-state index in [0.717, 1.165) is 22.4 Å². The van der Waals surface area contributed by atoms with E-state index in [1.54, 1.807) is 0 Å². The molecule has 3 rings (SSSR count). The van der Waals surface area contributed by atoms with Gasteiger partial charge in [0.25, 0.3) is 0 Å². The second kappa shape index (κ2) is 7.66. The van der Waals surface area contributed by atoms with Gasteiger partial charge in [-0.25, -0.2) is 5.10 Å². The van der Waals surface area contributed by atoms with Gasteiger partial charge in [-0.15, -0.1) is 5.10 Å². The van der Waals surface area contributed by atoms with Gasteiger partial charge in [0.1, 0.15) is 11.5 Å². The molecular formula is C19H22ClN5O. The number of nitrogens with one attached hydrogen (secondary N) is 2. The first-order valence-corrected chi connectivity index (χ1v) is 8.79. The normalized spacial score (nSPS) is 11.0. The number of halogens is 1. The van der Waals surface area contributed by atoms with Gasteiger partial charge in [-0.2, -0.15) is 4.98 Å². The van der Waals surface area contributed by atoms with E-state index in [-0.39, 0.29) is 5.95 Å². The molecule has 3 aromatic rings. The Bertz CT molecular complexity index is 907. The number of aromatic nitrogens is 3. The predicted molar refractivity (Wildman–Crippen MR) is 105 cm³/mol. The maximum Gasteiger partial charge on any atom is 0.243 e. The summed E-state index contributed by atoms with van der Waals surface area (Å²) in [6.45, 7) is 6.75. The minimum absolute atomic E-state index is 0.254. The number of anilines is 2. The van der Waals surface area contributed by atoms with Gasteiger partial charge in [-0.1, -0.05) is 43.6 Å². The van der Waals surface area contributed by atoms with Gasteiger partial charge >= 0.3 is 0 Å². The van der Waals surface area contributed by atoms with Gasteiger partial charge < -0.3 is 15.8 Å². The molecule has 136 valence electrons. The molecule has 0 fully saturated rings. The summed E-state index contributed by atoms with van der Waals surface area (Å²) < 4.78 is 6.26. The first-order chi connectivity index (χ1) is 12.4. The van der Waals surface area contributed by atoms with Crippen LogP contribution in [0.5, 0.6) is 11.5 Å². The molecule has 0 saturated heterocycles. The highest BCUT2D eigenvalue weighted by atomic mass is 35.5. The quantitative estimate of drug-likeness (QED) is 0.574. The minimum atomic E-state index is 0.254. The number of benzene rings is 2. The molecule has 6 nitrogen and oxygen atoms in total. The van der Waals surface area contributed by atoms with Gasteiger partial charge in [-0.3, -0.25) is 0 Å². The molecule has 1 heterocycles. The van der Waals surface area contributed by atoms with Crippen LogP contribution in [0, 0.1) is 6.92 Å². The van der Waals surface area contributed by atoms with Gasteiger partial charge in [0, 0.05) is 17.1 Å². The molecule has 7 heteroatoms. The van der Waals surface area contributed by atoms with Crippen LogP contribution in [0.25, 0.3) is 0 Å². The summed E-state index contributed by atoms with van der Waals surface area (Å²) in [5, 5.41) is 10.3. The summed E-state index contributed by atoms with van der Waals surface area (Å²) in [5.74, 6) is 2.55. The highest BCUT2D eigenvalue weighted by molar-refractivity contribution is 6.31. The summed E-state index contributed by atoms with van der Waals surface area (Å²) >= 11 is 6.41. The zero-order valence-corrected chi connectivity index (χ0v) is 15.8. The Labute approximate surface area is 157 Å². The van der Waals surface area contributed by atoms with Crippen LogP contribution in [-0.2, 0) is 6.54 Å². The van der Waals surface area contributed by atoms with Gasteiger partial charge in [0.2, 0.25) is 11.9 Å². The standard InChI is InChI=1S/C19H22ClN5O/c1-11(2)13-8-7-12(3)9-17(13)26-16-6-4-5-15(20)14(16)10-22-19-23-18(21)24-25-19/h4-9,11H,10H2,1-3H3,(H4,21,22,23,24,25). The number of aromatic amines is 1. The summed E-state index contributed by atoms with van der Waals surface area (Å²) in [6.07, 6.45) is 0. The van der Waals surface area contributed by atoms with Crippen molar-refractivity contribution in [2.24, 2.45) is 0 Å². The molecule has 0 saturated carbocycles. The molecule has 2 aromatic carbocycles. The van der Waals surface area contributed by atoms with E-state index in [2.05, 4.69) is 46.5 Å². The van der Waals surface area contributed by atoms with E-state index in [1.165, 1.54) is 0 Å². The van der Waals surface area contributed by atoms with Crippen molar-refractivity contribution >= 4 is 23.5 Å². The molecule has 0 bridgehead atoms. The Balaban J connectivity index is 1.89. The van der Waals surface area contributed by atoms with Gasteiger partial charge in [0.05, 0.1) is 0 Å². The van der Waals surface area contributed by atoms with Crippen molar-refractivity contribution in [1.29, 1.82) is 0 Å². The third-order valence-corrected chi connectivity index (χ3v) is 4.37. The lowest BCUT2D eigenvalue weighted by Gasteiger charge is -2.17. The number of hydrogen-bond acceptors (Lipinski definition) is 5. The smallest absolute Gasteiger partial charge is 0.243 e. The maximum absolute atomic E-state index is 6.41. The van der Waals surface area contributed by atoms with Crippen LogP contribution < -0.4 is 15.8 Å². The number of nitrogens with zero attached hydrogens (tertiary/aromatic N) is 2. The fraction of sp³-hybridized carbons (Fsp3) is 0.263. The van der Waals surface area contributed by atoms with E-state index >= 15 is 0 Å². The van der Waals surface area contributed by atoms with Crippen molar-refractivity contribution in [3.8, 4) is 11.5 Å². The van der Waals surface area contributed by atoms with Crippen LogP contribution in [0.3, 0.4) is 0 Å². The van der Waals surface area contributed by atoms with Crippen LogP contribution in [-0.4, -0.2) is 15.2 Å². The molecule has 0 radical (unpaired) electrons. The first kappa shape index (κ1) is 18.1. The SMILES string of the molecule is Cc1ccc(C(C)C)c(Oc2cccc(Cl)c2CNc2n[nH]c(N)n2)c1. The van der Waals surface area contributed by atoms with E-state index in [4.69, 9.17) is 22.1 Å². The van der Waals surface area contributed by atoms with E-state index < -0.39 is 0 Å². The summed E-state index contributed by atoms with van der Waals surface area (Å²) in [4.78, 5) is 4.03. The summed E-state index contributed by atoms with van der Waals surface area (Å²) in [6, 6.07) is 11.9. The molecule has 0 atom stereocenters. The molecule has 0 amide bonds. The third-order valence-electron chi connectivity index (χ3n) is 4.01. The van der Waals surface area contributed by atoms with Crippen molar-refractivity contribution in [2.75, 3.05) is 11.1 Å². The molecule has 0 aliphatic heterocycles. The number of nitrogens with two attached hydrogens (primary N) is 1. The molecule has 0 spiro atoms. The Morgan fingerprint density at radius 2 is 2.04 bits per heavy atom. The van der Waals surface area contributed by atoms with Crippen LogP contribution in [0.1, 0.15) is 36.5 Å². The molecule has 1 aromatic heterocycles. The number of rotatable bonds is 6. The first-order valence-electron chi connectivity index (χ1n) is 8.41. The average Bonchev–Trinajstić information content (AvgIpc) is 2.99. The average molecular weight is 372 g/mol. The Hall–Kier alpha value is -2.73.